The summed E-state index contributed by atoms with van der Waals surface area (Å²) < 4.78 is 5.38. The Hall–Kier alpha value is -2.34. The molecule has 6 nitrogen and oxygen atoms in total. The number of phenolic OH excluding ortho intramolecular Hbond substituents is 1. The molecule has 28 heavy (non-hydrogen) atoms. The lowest BCUT2D eigenvalue weighted by atomic mass is 10.1. The summed E-state index contributed by atoms with van der Waals surface area (Å²) in [5.74, 6) is -1.41. The lowest BCUT2D eigenvalue weighted by Crippen LogP contribution is -2.16. The molecule has 2 aromatic rings. The van der Waals surface area contributed by atoms with E-state index in [1.165, 1.54) is 29.5 Å². The maximum Gasteiger partial charge on any atom is 0.341 e. The van der Waals surface area contributed by atoms with Crippen molar-refractivity contribution in [1.29, 1.82) is 5.26 Å². The van der Waals surface area contributed by atoms with Gasteiger partial charge in [0, 0.05) is 15.5 Å². The number of carbonyl (C=O) groups excluding carboxylic acids is 2. The van der Waals surface area contributed by atoms with E-state index < -0.39 is 11.9 Å². The van der Waals surface area contributed by atoms with Crippen molar-refractivity contribution in [3.05, 3.63) is 48.8 Å². The molecule has 0 bridgehead atoms. The van der Waals surface area contributed by atoms with Crippen molar-refractivity contribution in [3.63, 3.8) is 0 Å². The minimum Gasteiger partial charge on any atom is -0.506 e. The quantitative estimate of drug-likeness (QED) is 0.345. The van der Waals surface area contributed by atoms with E-state index in [0.29, 0.717) is 20.1 Å². The number of hydrogen-bond donors (Lipinski definition) is 2. The number of aryl methyl sites for hydroxylation is 1. The molecule has 0 unspecified atom stereocenters. The van der Waals surface area contributed by atoms with Crippen LogP contribution in [0.25, 0.3) is 6.08 Å². The molecule has 0 saturated heterocycles. The normalized spacial score (nSPS) is 11.1. The van der Waals surface area contributed by atoms with Gasteiger partial charge in [-0.3, -0.25) is 4.79 Å². The predicted octanol–water partition coefficient (Wildman–Crippen LogP) is 5.21. The average Bonchev–Trinajstić information content (AvgIpc) is 2.90. The highest BCUT2D eigenvalue weighted by atomic mass is 79.9. The molecule has 0 saturated carbocycles. The molecule has 2 N–H and O–H groups in total. The molecular formula is C19H16BrClN2O4S. The van der Waals surface area contributed by atoms with Gasteiger partial charge in [-0.15, -0.1) is 11.3 Å². The zero-order valence-corrected chi connectivity index (χ0v) is 18.4. The molecule has 1 heterocycles. The van der Waals surface area contributed by atoms with Crippen molar-refractivity contribution in [2.24, 2.45) is 0 Å². The fraction of sp³-hybridized carbons (Fsp3) is 0.211. The minimum absolute atomic E-state index is 0.153. The van der Waals surface area contributed by atoms with Crippen molar-refractivity contribution in [2.75, 3.05) is 11.9 Å². The first-order chi connectivity index (χ1) is 13.2. The summed E-state index contributed by atoms with van der Waals surface area (Å²) >= 11 is 10.3. The second kappa shape index (κ2) is 9.24. The molecule has 2 rings (SSSR count). The highest BCUT2D eigenvalue weighted by Gasteiger charge is 2.23. The van der Waals surface area contributed by atoms with E-state index in [0.717, 1.165) is 4.88 Å². The Balaban J connectivity index is 2.40. The van der Waals surface area contributed by atoms with Gasteiger partial charge in [-0.1, -0.05) is 11.6 Å². The Morgan fingerprint density at radius 1 is 1.43 bits per heavy atom. The Kier molecular flexibility index (Phi) is 7.24. The summed E-state index contributed by atoms with van der Waals surface area (Å²) in [6.45, 7) is 5.47. The number of aromatic hydroxyl groups is 1. The van der Waals surface area contributed by atoms with Gasteiger partial charge in [0.1, 0.15) is 22.4 Å². The number of halogens is 2. The smallest absolute Gasteiger partial charge is 0.341 e. The van der Waals surface area contributed by atoms with Gasteiger partial charge in [0.2, 0.25) is 0 Å². The predicted molar refractivity (Wildman–Crippen MR) is 113 cm³/mol. The van der Waals surface area contributed by atoms with Crippen LogP contribution in [0.1, 0.15) is 33.3 Å². The molecule has 1 aromatic carbocycles. The number of ether oxygens (including phenoxy) is 1. The average molecular weight is 484 g/mol. The number of benzene rings is 1. The third kappa shape index (κ3) is 4.73. The number of carbonyl (C=O) groups is 2. The van der Waals surface area contributed by atoms with Crippen LogP contribution in [0, 0.1) is 25.2 Å². The van der Waals surface area contributed by atoms with E-state index >= 15 is 0 Å². The zero-order valence-electron chi connectivity index (χ0n) is 15.2. The molecule has 0 fully saturated rings. The number of esters is 1. The minimum atomic E-state index is -0.718. The number of phenols is 1. The maximum atomic E-state index is 12.6. The van der Waals surface area contributed by atoms with Gasteiger partial charge in [-0.05, 0) is 60.5 Å². The van der Waals surface area contributed by atoms with Gasteiger partial charge in [0.15, 0.2) is 0 Å². The van der Waals surface area contributed by atoms with E-state index in [-0.39, 0.29) is 29.1 Å². The first-order valence-electron chi connectivity index (χ1n) is 8.07. The van der Waals surface area contributed by atoms with Gasteiger partial charge in [-0.25, -0.2) is 4.79 Å². The van der Waals surface area contributed by atoms with Crippen LogP contribution in [-0.2, 0) is 9.53 Å². The fourth-order valence-corrected chi connectivity index (χ4v) is 4.21. The van der Waals surface area contributed by atoms with E-state index in [4.69, 9.17) is 16.3 Å². The first kappa shape index (κ1) is 22.0. The number of rotatable bonds is 5. The fourth-order valence-electron chi connectivity index (χ4n) is 2.33. The van der Waals surface area contributed by atoms with Crippen molar-refractivity contribution in [2.45, 2.75) is 20.8 Å². The van der Waals surface area contributed by atoms with Gasteiger partial charge in [-0.2, -0.15) is 5.26 Å². The second-order valence-electron chi connectivity index (χ2n) is 5.66. The number of nitrogens with one attached hydrogen (secondary N) is 1. The highest BCUT2D eigenvalue weighted by Crippen LogP contribution is 2.35. The monoisotopic (exact) mass is 482 g/mol. The van der Waals surface area contributed by atoms with Crippen LogP contribution in [-0.4, -0.2) is 23.6 Å². The molecule has 0 spiro atoms. The molecule has 0 aliphatic carbocycles. The van der Waals surface area contributed by atoms with Crippen molar-refractivity contribution < 1.29 is 19.4 Å². The van der Waals surface area contributed by atoms with Crippen molar-refractivity contribution in [3.8, 4) is 11.8 Å². The summed E-state index contributed by atoms with van der Waals surface area (Å²) in [6, 6.07) is 4.72. The largest absolute Gasteiger partial charge is 0.506 e. The second-order valence-corrected chi connectivity index (χ2v) is 8.17. The van der Waals surface area contributed by atoms with Gasteiger partial charge in [0.25, 0.3) is 5.91 Å². The molecule has 1 aromatic heterocycles. The van der Waals surface area contributed by atoms with Crippen LogP contribution in [0.3, 0.4) is 0 Å². The third-order valence-electron chi connectivity index (χ3n) is 3.81. The van der Waals surface area contributed by atoms with Gasteiger partial charge in [0.05, 0.1) is 16.6 Å². The molecule has 0 atom stereocenters. The lowest BCUT2D eigenvalue weighted by Gasteiger charge is -2.07. The van der Waals surface area contributed by atoms with Crippen LogP contribution in [0.2, 0.25) is 5.02 Å². The molecular weight excluding hydrogens is 468 g/mol. The van der Waals surface area contributed by atoms with Crippen molar-refractivity contribution >= 4 is 61.8 Å². The van der Waals surface area contributed by atoms with E-state index in [9.17, 15) is 20.0 Å². The summed E-state index contributed by atoms with van der Waals surface area (Å²) in [6.07, 6.45) is 1.22. The van der Waals surface area contributed by atoms with Crippen LogP contribution in [0.15, 0.2) is 22.2 Å². The number of thiophene rings is 1. The summed E-state index contributed by atoms with van der Waals surface area (Å²) in [5, 5.41) is 22.7. The molecule has 9 heteroatoms. The van der Waals surface area contributed by atoms with Crippen LogP contribution >= 0.6 is 38.9 Å². The maximum absolute atomic E-state index is 12.6. The molecule has 0 radical (unpaired) electrons. The molecule has 146 valence electrons. The lowest BCUT2D eigenvalue weighted by molar-refractivity contribution is -0.112. The van der Waals surface area contributed by atoms with Crippen LogP contribution < -0.4 is 5.32 Å². The first-order valence-corrected chi connectivity index (χ1v) is 10.1. The Morgan fingerprint density at radius 3 is 2.71 bits per heavy atom. The highest BCUT2D eigenvalue weighted by molar-refractivity contribution is 9.10. The van der Waals surface area contributed by atoms with E-state index in [1.54, 1.807) is 19.9 Å². The number of anilines is 1. The molecule has 0 aliphatic heterocycles. The topological polar surface area (TPSA) is 99.4 Å². The van der Waals surface area contributed by atoms with Crippen LogP contribution in [0.4, 0.5) is 5.00 Å². The zero-order chi connectivity index (χ0) is 21.0. The molecule has 0 aliphatic rings. The number of hydrogen-bond acceptors (Lipinski definition) is 6. The number of amides is 1. The standard InChI is InChI=1S/C19H16BrClN2O4S/c1-4-27-19(26)15-9(2)10(3)28-18(15)23-17(25)12(8-22)5-11-6-13(21)7-14(20)16(11)24/h5-7,24H,4H2,1-3H3,(H,23,25)/b12-5+. The Morgan fingerprint density at radius 2 is 2.11 bits per heavy atom. The van der Waals surface area contributed by atoms with Crippen molar-refractivity contribution in [1.82, 2.24) is 0 Å². The summed E-state index contributed by atoms with van der Waals surface area (Å²) in [4.78, 5) is 25.7. The van der Waals surface area contributed by atoms with E-state index in [2.05, 4.69) is 21.2 Å². The van der Waals surface area contributed by atoms with E-state index in [1.807, 2.05) is 6.92 Å². The Labute approximate surface area is 179 Å². The molecule has 1 amide bonds. The summed E-state index contributed by atoms with van der Waals surface area (Å²) in [5.41, 5.74) is 0.916. The van der Waals surface area contributed by atoms with Gasteiger partial charge >= 0.3 is 5.97 Å². The summed E-state index contributed by atoms with van der Waals surface area (Å²) in [7, 11) is 0. The Bertz CT molecular complexity index is 1020. The SMILES string of the molecule is CCOC(=O)c1c(NC(=O)/C(C#N)=C/c2cc(Cl)cc(Br)c2O)sc(C)c1C. The number of nitriles is 1. The van der Waals surface area contributed by atoms with Gasteiger partial charge < -0.3 is 15.2 Å². The third-order valence-corrected chi connectivity index (χ3v) is 5.76. The number of nitrogens with zero attached hydrogens (tertiary/aromatic N) is 1. The van der Waals surface area contributed by atoms with Crippen LogP contribution in [0.5, 0.6) is 5.75 Å².